The van der Waals surface area contributed by atoms with Crippen LogP contribution in [0.15, 0.2) is 29.8 Å². The lowest BCUT2D eigenvalue weighted by atomic mass is 10.3. The van der Waals surface area contributed by atoms with Crippen molar-refractivity contribution in [2.75, 3.05) is 0 Å². The Morgan fingerprint density at radius 1 is 1.35 bits per heavy atom. The predicted octanol–water partition coefficient (Wildman–Crippen LogP) is 1.53. The summed E-state index contributed by atoms with van der Waals surface area (Å²) in [5.41, 5.74) is 1.68. The van der Waals surface area contributed by atoms with Crippen molar-refractivity contribution in [1.29, 1.82) is 0 Å². The van der Waals surface area contributed by atoms with Gasteiger partial charge in [0.1, 0.15) is 0 Å². The second-order valence-corrected chi connectivity index (χ2v) is 4.23. The van der Waals surface area contributed by atoms with Crippen LogP contribution in [0.2, 0.25) is 0 Å². The number of hydrogen-bond acceptors (Lipinski definition) is 5. The van der Waals surface area contributed by atoms with Crippen LogP contribution < -0.4 is 5.32 Å². The fraction of sp³-hybridized carbons (Fsp3) is 0.182. The highest BCUT2D eigenvalue weighted by Gasteiger charge is 2.08. The molecular formula is C11H11N3O2S. The molecule has 2 aromatic rings. The van der Waals surface area contributed by atoms with Gasteiger partial charge < -0.3 is 10.4 Å². The smallest absolute Gasteiger partial charge is 0.365 e. The number of thiazole rings is 1. The van der Waals surface area contributed by atoms with E-state index in [4.69, 9.17) is 5.11 Å². The number of nitrogens with zero attached hydrogens (tertiary/aromatic N) is 2. The van der Waals surface area contributed by atoms with Gasteiger partial charge in [-0.1, -0.05) is 6.07 Å². The van der Waals surface area contributed by atoms with E-state index in [9.17, 15) is 4.79 Å². The van der Waals surface area contributed by atoms with Gasteiger partial charge in [0.2, 0.25) is 5.01 Å². The molecular weight excluding hydrogens is 238 g/mol. The highest BCUT2D eigenvalue weighted by atomic mass is 32.1. The third-order valence-corrected chi connectivity index (χ3v) is 2.95. The summed E-state index contributed by atoms with van der Waals surface area (Å²) in [6.07, 6.45) is 1.74. The first-order valence-corrected chi connectivity index (χ1v) is 5.92. The van der Waals surface area contributed by atoms with Crippen LogP contribution in [-0.4, -0.2) is 21.0 Å². The number of rotatable bonds is 5. The Hall–Kier alpha value is -1.79. The van der Waals surface area contributed by atoms with E-state index in [-0.39, 0.29) is 5.01 Å². The normalized spacial score (nSPS) is 10.4. The minimum absolute atomic E-state index is 0.125. The van der Waals surface area contributed by atoms with Crippen LogP contribution in [0.4, 0.5) is 0 Å². The average molecular weight is 249 g/mol. The largest absolute Gasteiger partial charge is 0.476 e. The summed E-state index contributed by atoms with van der Waals surface area (Å²) in [7, 11) is 0. The van der Waals surface area contributed by atoms with Gasteiger partial charge in [-0.25, -0.2) is 9.78 Å². The summed E-state index contributed by atoms with van der Waals surface area (Å²) >= 11 is 1.14. The average Bonchev–Trinajstić information content (AvgIpc) is 2.79. The molecule has 0 spiro atoms. The van der Waals surface area contributed by atoms with Crippen molar-refractivity contribution < 1.29 is 9.90 Å². The number of carbonyl (C=O) groups is 1. The van der Waals surface area contributed by atoms with Gasteiger partial charge in [0.25, 0.3) is 0 Å². The molecule has 0 fully saturated rings. The van der Waals surface area contributed by atoms with Gasteiger partial charge in [0, 0.05) is 24.7 Å². The van der Waals surface area contributed by atoms with E-state index in [1.54, 1.807) is 11.6 Å². The molecule has 2 heterocycles. The fourth-order valence-electron chi connectivity index (χ4n) is 1.31. The van der Waals surface area contributed by atoms with Crippen molar-refractivity contribution in [1.82, 2.24) is 15.3 Å². The molecule has 0 radical (unpaired) electrons. The maximum atomic E-state index is 10.6. The standard InChI is InChI=1S/C11H11N3O2S/c15-11(16)10-14-9(7-17-10)6-12-5-8-3-1-2-4-13-8/h1-4,7,12H,5-6H2,(H,15,16). The first-order valence-electron chi connectivity index (χ1n) is 5.04. The Labute approximate surface area is 102 Å². The lowest BCUT2D eigenvalue weighted by Crippen LogP contribution is -2.14. The molecule has 0 amide bonds. The lowest BCUT2D eigenvalue weighted by molar-refractivity contribution is 0.0696. The zero-order valence-electron chi connectivity index (χ0n) is 8.96. The number of pyridine rings is 1. The molecule has 2 rings (SSSR count). The molecule has 0 aliphatic heterocycles. The van der Waals surface area contributed by atoms with Crippen molar-refractivity contribution >= 4 is 17.3 Å². The third-order valence-electron chi connectivity index (χ3n) is 2.07. The Bertz CT molecular complexity index is 498. The topological polar surface area (TPSA) is 75.1 Å². The quantitative estimate of drug-likeness (QED) is 0.840. The molecule has 0 aliphatic carbocycles. The molecule has 5 nitrogen and oxygen atoms in total. The zero-order chi connectivity index (χ0) is 12.1. The molecule has 88 valence electrons. The number of aromatic carboxylic acids is 1. The predicted molar refractivity (Wildman–Crippen MR) is 63.9 cm³/mol. The maximum absolute atomic E-state index is 10.6. The SMILES string of the molecule is O=C(O)c1nc(CNCc2ccccn2)cs1. The summed E-state index contributed by atoms with van der Waals surface area (Å²) < 4.78 is 0. The minimum atomic E-state index is -0.981. The van der Waals surface area contributed by atoms with Crippen molar-refractivity contribution in [3.8, 4) is 0 Å². The van der Waals surface area contributed by atoms with E-state index in [1.807, 2.05) is 18.2 Å². The van der Waals surface area contributed by atoms with E-state index in [2.05, 4.69) is 15.3 Å². The number of carboxylic acid groups (broad SMARTS) is 1. The third kappa shape index (κ3) is 3.33. The summed E-state index contributed by atoms with van der Waals surface area (Å²) in [5.74, 6) is -0.981. The summed E-state index contributed by atoms with van der Waals surface area (Å²) in [4.78, 5) is 18.8. The number of nitrogens with one attached hydrogen (secondary N) is 1. The first kappa shape index (κ1) is 11.7. The molecule has 2 aromatic heterocycles. The molecule has 0 saturated heterocycles. The second kappa shape index (κ2) is 5.51. The Balaban J connectivity index is 1.84. The van der Waals surface area contributed by atoms with Crippen molar-refractivity contribution in [2.24, 2.45) is 0 Å². The number of hydrogen-bond donors (Lipinski definition) is 2. The van der Waals surface area contributed by atoms with Crippen LogP contribution in [0, 0.1) is 0 Å². The van der Waals surface area contributed by atoms with Crippen LogP contribution in [0.25, 0.3) is 0 Å². The van der Waals surface area contributed by atoms with E-state index in [1.165, 1.54) is 0 Å². The molecule has 0 atom stereocenters. The first-order chi connectivity index (χ1) is 8.25. The van der Waals surface area contributed by atoms with E-state index < -0.39 is 5.97 Å². The van der Waals surface area contributed by atoms with Gasteiger partial charge in [-0.3, -0.25) is 4.98 Å². The van der Waals surface area contributed by atoms with Crippen molar-refractivity contribution in [2.45, 2.75) is 13.1 Å². The van der Waals surface area contributed by atoms with Gasteiger partial charge in [0.05, 0.1) is 11.4 Å². The molecule has 17 heavy (non-hydrogen) atoms. The van der Waals surface area contributed by atoms with Crippen molar-refractivity contribution in [3.63, 3.8) is 0 Å². The monoisotopic (exact) mass is 249 g/mol. The molecule has 6 heteroatoms. The van der Waals surface area contributed by atoms with Crippen LogP contribution in [0.1, 0.15) is 21.2 Å². The number of carboxylic acids is 1. The zero-order valence-corrected chi connectivity index (χ0v) is 9.78. The Morgan fingerprint density at radius 2 is 2.18 bits per heavy atom. The van der Waals surface area contributed by atoms with Crippen LogP contribution >= 0.6 is 11.3 Å². The highest BCUT2D eigenvalue weighted by Crippen LogP contribution is 2.09. The van der Waals surface area contributed by atoms with Crippen LogP contribution in [-0.2, 0) is 13.1 Å². The summed E-state index contributed by atoms with van der Waals surface area (Å²) in [6, 6.07) is 5.72. The highest BCUT2D eigenvalue weighted by molar-refractivity contribution is 7.11. The van der Waals surface area contributed by atoms with E-state index >= 15 is 0 Å². The van der Waals surface area contributed by atoms with Crippen LogP contribution in [0.3, 0.4) is 0 Å². The molecule has 0 unspecified atom stereocenters. The maximum Gasteiger partial charge on any atom is 0.365 e. The summed E-state index contributed by atoms with van der Waals surface area (Å²) in [5, 5.41) is 13.7. The lowest BCUT2D eigenvalue weighted by Gasteiger charge is -2.01. The fourth-order valence-corrected chi connectivity index (χ4v) is 1.96. The Kier molecular flexibility index (Phi) is 3.79. The number of aromatic nitrogens is 2. The molecule has 2 N–H and O–H groups in total. The minimum Gasteiger partial charge on any atom is -0.476 e. The molecule has 0 saturated carbocycles. The van der Waals surface area contributed by atoms with Gasteiger partial charge in [0.15, 0.2) is 0 Å². The van der Waals surface area contributed by atoms with Gasteiger partial charge in [-0.05, 0) is 12.1 Å². The van der Waals surface area contributed by atoms with Gasteiger partial charge >= 0.3 is 5.97 Å². The van der Waals surface area contributed by atoms with E-state index in [0.29, 0.717) is 13.1 Å². The van der Waals surface area contributed by atoms with Crippen LogP contribution in [0.5, 0.6) is 0 Å². The van der Waals surface area contributed by atoms with Crippen molar-refractivity contribution in [3.05, 3.63) is 46.2 Å². The second-order valence-electron chi connectivity index (χ2n) is 3.37. The summed E-state index contributed by atoms with van der Waals surface area (Å²) in [6.45, 7) is 1.18. The van der Waals surface area contributed by atoms with E-state index in [0.717, 1.165) is 22.7 Å². The molecule has 0 bridgehead atoms. The Morgan fingerprint density at radius 3 is 2.82 bits per heavy atom. The van der Waals surface area contributed by atoms with Gasteiger partial charge in [-0.15, -0.1) is 11.3 Å². The molecule has 0 aliphatic rings. The van der Waals surface area contributed by atoms with Gasteiger partial charge in [-0.2, -0.15) is 0 Å². The molecule has 0 aromatic carbocycles.